The van der Waals surface area contributed by atoms with E-state index in [-0.39, 0.29) is 18.0 Å². The zero-order chi connectivity index (χ0) is 31.6. The summed E-state index contributed by atoms with van der Waals surface area (Å²) in [5.74, 6) is 3.87. The fourth-order valence-electron chi connectivity index (χ4n) is 8.37. The number of nitrogens with zero attached hydrogens (tertiary/aromatic N) is 8. The van der Waals surface area contributed by atoms with E-state index in [0.29, 0.717) is 29.1 Å². The van der Waals surface area contributed by atoms with Gasteiger partial charge in [-0.15, -0.1) is 0 Å². The number of piperidine rings is 2. The average molecular weight is 632 g/mol. The quantitative estimate of drug-likeness (QED) is 0.261. The van der Waals surface area contributed by atoms with E-state index < -0.39 is 0 Å². The molecule has 2 unspecified atom stereocenters. The third kappa shape index (κ3) is 4.94. The number of hydrogen-bond acceptors (Lipinski definition) is 8. The number of aromatic nitrogens is 6. The first-order valence-corrected chi connectivity index (χ1v) is 17.2. The van der Waals surface area contributed by atoms with Crippen LogP contribution in [0.25, 0.3) is 33.6 Å². The summed E-state index contributed by atoms with van der Waals surface area (Å²) in [4.78, 5) is 37.4. The van der Waals surface area contributed by atoms with Gasteiger partial charge in [-0.25, -0.2) is 19.9 Å². The predicted molar refractivity (Wildman–Crippen MR) is 180 cm³/mol. The van der Waals surface area contributed by atoms with Gasteiger partial charge in [-0.3, -0.25) is 4.79 Å². The lowest BCUT2D eigenvalue weighted by atomic mass is 9.96. The van der Waals surface area contributed by atoms with Crippen molar-refractivity contribution >= 4 is 33.9 Å². The fraction of sp³-hybridized carbons (Fsp3) is 0.472. The zero-order valence-electron chi connectivity index (χ0n) is 26.8. The van der Waals surface area contributed by atoms with Gasteiger partial charge >= 0.3 is 0 Å². The number of nitrogens with two attached hydrogens (primary N) is 1. The molecule has 9 rings (SSSR count). The van der Waals surface area contributed by atoms with Gasteiger partial charge in [0.15, 0.2) is 5.82 Å². The molecule has 2 aliphatic heterocycles. The molecule has 2 aliphatic carbocycles. The van der Waals surface area contributed by atoms with Gasteiger partial charge in [0, 0.05) is 74.3 Å². The lowest BCUT2D eigenvalue weighted by Crippen LogP contribution is -2.41. The number of carbonyl (C=O) groups is 1. The van der Waals surface area contributed by atoms with E-state index in [1.807, 2.05) is 47.8 Å². The maximum atomic E-state index is 14.0. The molecule has 6 heterocycles. The standard InChI is InChI=1S/C36H41N9O2/c1-47-30-18-26(35(46)44-21-25-7-8-28(44)31(25)37)16-27-32(30)45(20-23-9-14-42(15-10-23)36-39-12-3-13-40-36)34(41-27)29-17-24-4-2-11-38-33(24)43(29)19-22-5-6-22/h2-4,11-13,16-18,22-23,25,28,31H,5-10,14-15,19-21,37H2,1H3/t25?,28?,31-/m1/s1. The summed E-state index contributed by atoms with van der Waals surface area (Å²) in [5, 5.41) is 1.11. The summed E-state index contributed by atoms with van der Waals surface area (Å²) in [6.07, 6.45) is 12.1. The minimum Gasteiger partial charge on any atom is -0.494 e. The second kappa shape index (κ2) is 11.3. The lowest BCUT2D eigenvalue weighted by molar-refractivity contribution is 0.0700. The number of imidazole rings is 1. The van der Waals surface area contributed by atoms with Gasteiger partial charge < -0.3 is 29.4 Å². The van der Waals surface area contributed by atoms with Crippen molar-refractivity contribution in [3.05, 3.63) is 60.6 Å². The van der Waals surface area contributed by atoms with Crippen molar-refractivity contribution in [2.45, 2.75) is 63.7 Å². The minimum absolute atomic E-state index is 0.0199. The second-order valence-corrected chi connectivity index (χ2v) is 14.0. The first-order valence-electron chi connectivity index (χ1n) is 17.2. The molecule has 242 valence electrons. The number of anilines is 1. The summed E-state index contributed by atoms with van der Waals surface area (Å²) in [5.41, 5.74) is 10.9. The van der Waals surface area contributed by atoms with Crippen molar-refractivity contribution < 1.29 is 9.53 Å². The summed E-state index contributed by atoms with van der Waals surface area (Å²) in [7, 11) is 1.69. The molecule has 2 N–H and O–H groups in total. The molecular formula is C36H41N9O2. The second-order valence-electron chi connectivity index (χ2n) is 14.0. The number of rotatable bonds is 8. The van der Waals surface area contributed by atoms with E-state index >= 15 is 0 Å². The van der Waals surface area contributed by atoms with Crippen molar-refractivity contribution in [3.63, 3.8) is 0 Å². The number of methoxy groups -OCH3 is 1. The van der Waals surface area contributed by atoms with Crippen LogP contribution in [0.1, 0.15) is 48.9 Å². The highest BCUT2D eigenvalue weighted by molar-refractivity contribution is 6.00. The van der Waals surface area contributed by atoms with Gasteiger partial charge in [0.2, 0.25) is 5.95 Å². The monoisotopic (exact) mass is 631 g/mol. The van der Waals surface area contributed by atoms with Gasteiger partial charge in [0.1, 0.15) is 16.9 Å². The van der Waals surface area contributed by atoms with Crippen LogP contribution < -0.4 is 15.4 Å². The molecule has 1 amide bonds. The van der Waals surface area contributed by atoms with Crippen molar-refractivity contribution in [2.75, 3.05) is 31.6 Å². The van der Waals surface area contributed by atoms with Crippen molar-refractivity contribution in [3.8, 4) is 17.3 Å². The molecule has 5 aromatic rings. The minimum atomic E-state index is 0.0199. The van der Waals surface area contributed by atoms with E-state index in [1.54, 1.807) is 7.11 Å². The molecule has 47 heavy (non-hydrogen) atoms. The van der Waals surface area contributed by atoms with Crippen molar-refractivity contribution in [1.82, 2.24) is 34.0 Å². The van der Waals surface area contributed by atoms with E-state index in [9.17, 15) is 4.79 Å². The number of benzene rings is 1. The Morgan fingerprint density at radius 3 is 2.40 bits per heavy atom. The Morgan fingerprint density at radius 1 is 0.915 bits per heavy atom. The molecule has 2 bridgehead atoms. The Balaban J connectivity index is 1.13. The lowest BCUT2D eigenvalue weighted by Gasteiger charge is -2.32. The molecule has 4 aromatic heterocycles. The summed E-state index contributed by atoms with van der Waals surface area (Å²) in [6, 6.07) is 12.3. The van der Waals surface area contributed by atoms with Crippen molar-refractivity contribution in [2.24, 2.45) is 23.5 Å². The maximum Gasteiger partial charge on any atom is 0.254 e. The number of ether oxygens (including phenoxy) is 1. The third-order valence-corrected chi connectivity index (χ3v) is 11.1. The molecule has 0 radical (unpaired) electrons. The van der Waals surface area contributed by atoms with E-state index in [2.05, 4.69) is 36.1 Å². The number of hydrogen-bond donors (Lipinski definition) is 1. The van der Waals surface area contributed by atoms with Crippen LogP contribution >= 0.6 is 0 Å². The summed E-state index contributed by atoms with van der Waals surface area (Å²) >= 11 is 0. The largest absolute Gasteiger partial charge is 0.494 e. The number of carbonyl (C=O) groups excluding carboxylic acids is 1. The first-order chi connectivity index (χ1) is 23.1. The molecule has 11 heteroatoms. The molecule has 3 atom stereocenters. The Kier molecular flexibility index (Phi) is 6.92. The van der Waals surface area contributed by atoms with Crippen molar-refractivity contribution in [1.29, 1.82) is 0 Å². The van der Waals surface area contributed by atoms with E-state index in [4.69, 9.17) is 20.4 Å². The first kappa shape index (κ1) is 28.7. The number of fused-ring (bicyclic) bond motifs is 4. The van der Waals surface area contributed by atoms with E-state index in [1.165, 1.54) is 12.8 Å². The maximum absolute atomic E-state index is 14.0. The topological polar surface area (TPSA) is 120 Å². The van der Waals surface area contributed by atoms with Crippen LogP contribution in [0.4, 0.5) is 5.95 Å². The molecule has 4 fully saturated rings. The summed E-state index contributed by atoms with van der Waals surface area (Å²) in [6.45, 7) is 4.25. The normalized spacial score (nSPS) is 23.0. The van der Waals surface area contributed by atoms with E-state index in [0.717, 1.165) is 97.9 Å². The average Bonchev–Trinajstić information content (AvgIpc) is 3.48. The smallest absolute Gasteiger partial charge is 0.254 e. The number of likely N-dealkylation sites (tertiary alicyclic amines) is 1. The van der Waals surface area contributed by atoms with Crippen LogP contribution in [0, 0.1) is 17.8 Å². The highest BCUT2D eigenvalue weighted by Crippen LogP contribution is 2.41. The Bertz CT molecular complexity index is 1960. The zero-order valence-corrected chi connectivity index (χ0v) is 26.8. The molecule has 0 spiro atoms. The van der Waals surface area contributed by atoms with Crippen LogP contribution in [0.15, 0.2) is 55.0 Å². The van der Waals surface area contributed by atoms with Gasteiger partial charge in [-0.1, -0.05) is 0 Å². The highest BCUT2D eigenvalue weighted by Gasteiger charge is 2.47. The molecule has 4 aliphatic rings. The van der Waals surface area contributed by atoms with Gasteiger partial charge in [0.05, 0.1) is 18.3 Å². The van der Waals surface area contributed by atoms with Gasteiger partial charge in [-0.2, -0.15) is 0 Å². The molecule has 2 saturated carbocycles. The summed E-state index contributed by atoms with van der Waals surface area (Å²) < 4.78 is 10.8. The van der Waals surface area contributed by atoms with Crippen LogP contribution in [-0.2, 0) is 13.1 Å². The molecular weight excluding hydrogens is 590 g/mol. The third-order valence-electron chi connectivity index (χ3n) is 11.1. The molecule has 1 aromatic carbocycles. The number of pyridine rings is 1. The van der Waals surface area contributed by atoms with Crippen LogP contribution in [0.3, 0.4) is 0 Å². The fourth-order valence-corrected chi connectivity index (χ4v) is 8.37. The van der Waals surface area contributed by atoms with Gasteiger partial charge in [-0.05, 0) is 92.7 Å². The molecule has 11 nitrogen and oxygen atoms in total. The van der Waals surface area contributed by atoms with Crippen LogP contribution in [-0.4, -0.2) is 78.7 Å². The van der Waals surface area contributed by atoms with Crippen LogP contribution in [0.5, 0.6) is 5.75 Å². The predicted octanol–water partition coefficient (Wildman–Crippen LogP) is 4.74. The number of amides is 1. The van der Waals surface area contributed by atoms with Crippen LogP contribution in [0.2, 0.25) is 0 Å². The molecule has 2 saturated heterocycles. The Labute approximate surface area is 273 Å². The SMILES string of the molecule is COc1cc(C(=O)N2CC3CCC2[C@@H]3N)cc2nc(-c3cc4cccnc4n3CC3CC3)n(CC3CCN(c4ncccn4)CC3)c12. The van der Waals surface area contributed by atoms with Gasteiger partial charge in [0.25, 0.3) is 5.91 Å². The Hall–Kier alpha value is -4.51. The Morgan fingerprint density at radius 2 is 1.68 bits per heavy atom. The highest BCUT2D eigenvalue weighted by atomic mass is 16.5.